The average molecular weight is 226 g/mol. The Balaban J connectivity index is 3.80. The van der Waals surface area contributed by atoms with E-state index in [-0.39, 0.29) is 5.41 Å². The molecule has 0 bridgehead atoms. The molecule has 0 spiro atoms. The first-order chi connectivity index (χ1) is 7.43. The standard InChI is InChI=1S/C12H22N2O2/c1-4-6-10(11(15)16)14-8-5-7-12(2,3)9-13/h10,14H,4-8H2,1-3H3,(H,15,16). The molecule has 0 aliphatic rings. The van der Waals surface area contributed by atoms with Gasteiger partial charge in [-0.1, -0.05) is 13.3 Å². The van der Waals surface area contributed by atoms with Crippen molar-refractivity contribution in [2.75, 3.05) is 6.54 Å². The van der Waals surface area contributed by atoms with Gasteiger partial charge in [0.25, 0.3) is 0 Å². The molecule has 0 aliphatic heterocycles. The van der Waals surface area contributed by atoms with E-state index in [2.05, 4.69) is 11.4 Å². The van der Waals surface area contributed by atoms with Crippen LogP contribution < -0.4 is 5.32 Å². The number of aliphatic carboxylic acids is 1. The molecule has 0 amide bonds. The molecule has 0 aromatic rings. The van der Waals surface area contributed by atoms with Crippen molar-refractivity contribution >= 4 is 5.97 Å². The number of nitrogens with zero attached hydrogens (tertiary/aromatic N) is 1. The summed E-state index contributed by atoms with van der Waals surface area (Å²) in [5.74, 6) is -0.790. The van der Waals surface area contributed by atoms with Gasteiger partial charge >= 0.3 is 5.97 Å². The van der Waals surface area contributed by atoms with Gasteiger partial charge in [-0.3, -0.25) is 4.79 Å². The van der Waals surface area contributed by atoms with Crippen LogP contribution in [0.25, 0.3) is 0 Å². The lowest BCUT2D eigenvalue weighted by molar-refractivity contribution is -0.139. The maximum Gasteiger partial charge on any atom is 0.320 e. The van der Waals surface area contributed by atoms with E-state index in [0.29, 0.717) is 13.0 Å². The minimum Gasteiger partial charge on any atom is -0.480 e. The van der Waals surface area contributed by atoms with Crippen molar-refractivity contribution < 1.29 is 9.90 Å². The molecule has 1 unspecified atom stereocenters. The van der Waals surface area contributed by atoms with E-state index in [0.717, 1.165) is 19.3 Å². The molecule has 0 aromatic heterocycles. The zero-order valence-corrected chi connectivity index (χ0v) is 10.4. The van der Waals surface area contributed by atoms with E-state index in [1.807, 2.05) is 20.8 Å². The van der Waals surface area contributed by atoms with Crippen LogP contribution in [0.15, 0.2) is 0 Å². The third-order valence-corrected chi connectivity index (χ3v) is 2.55. The van der Waals surface area contributed by atoms with Crippen LogP contribution in [0.3, 0.4) is 0 Å². The van der Waals surface area contributed by atoms with Gasteiger partial charge in [-0.15, -0.1) is 0 Å². The molecule has 0 fully saturated rings. The summed E-state index contributed by atoms with van der Waals surface area (Å²) in [4.78, 5) is 10.8. The van der Waals surface area contributed by atoms with Gasteiger partial charge in [0.15, 0.2) is 0 Å². The first kappa shape index (κ1) is 14.9. The summed E-state index contributed by atoms with van der Waals surface area (Å²) < 4.78 is 0. The van der Waals surface area contributed by atoms with Crippen molar-refractivity contribution in [2.45, 2.75) is 52.5 Å². The fourth-order valence-corrected chi connectivity index (χ4v) is 1.46. The molecule has 0 saturated heterocycles. The highest BCUT2D eigenvalue weighted by atomic mass is 16.4. The van der Waals surface area contributed by atoms with Crippen LogP contribution in [-0.2, 0) is 4.79 Å². The predicted molar refractivity (Wildman–Crippen MR) is 63.0 cm³/mol. The molecule has 0 heterocycles. The Morgan fingerprint density at radius 1 is 1.56 bits per heavy atom. The third-order valence-electron chi connectivity index (χ3n) is 2.55. The molecular weight excluding hydrogens is 204 g/mol. The highest BCUT2D eigenvalue weighted by molar-refractivity contribution is 5.73. The van der Waals surface area contributed by atoms with E-state index >= 15 is 0 Å². The molecule has 0 radical (unpaired) electrons. The van der Waals surface area contributed by atoms with Gasteiger partial charge in [-0.25, -0.2) is 0 Å². The summed E-state index contributed by atoms with van der Waals surface area (Å²) in [6, 6.07) is 1.78. The molecule has 1 atom stereocenters. The highest BCUT2D eigenvalue weighted by Gasteiger charge is 2.18. The van der Waals surface area contributed by atoms with Crippen LogP contribution in [0.4, 0.5) is 0 Å². The Labute approximate surface area is 97.7 Å². The lowest BCUT2D eigenvalue weighted by atomic mass is 9.90. The lowest BCUT2D eigenvalue weighted by Crippen LogP contribution is -2.37. The van der Waals surface area contributed by atoms with Crippen molar-refractivity contribution in [1.82, 2.24) is 5.32 Å². The first-order valence-corrected chi connectivity index (χ1v) is 5.80. The molecule has 16 heavy (non-hydrogen) atoms. The molecular formula is C12H22N2O2. The van der Waals surface area contributed by atoms with Crippen LogP contribution in [-0.4, -0.2) is 23.7 Å². The van der Waals surface area contributed by atoms with Crippen LogP contribution in [0.5, 0.6) is 0 Å². The van der Waals surface area contributed by atoms with E-state index in [4.69, 9.17) is 10.4 Å². The van der Waals surface area contributed by atoms with Crippen molar-refractivity contribution in [3.05, 3.63) is 0 Å². The number of rotatable bonds is 8. The first-order valence-electron chi connectivity index (χ1n) is 5.80. The molecule has 0 aliphatic carbocycles. The molecule has 0 aromatic carbocycles. The monoisotopic (exact) mass is 226 g/mol. The van der Waals surface area contributed by atoms with Crippen molar-refractivity contribution in [3.63, 3.8) is 0 Å². The van der Waals surface area contributed by atoms with Crippen LogP contribution in [0, 0.1) is 16.7 Å². The Morgan fingerprint density at radius 3 is 2.62 bits per heavy atom. The van der Waals surface area contributed by atoms with E-state index < -0.39 is 12.0 Å². The van der Waals surface area contributed by atoms with Gasteiger partial charge in [0.2, 0.25) is 0 Å². The van der Waals surface area contributed by atoms with Crippen LogP contribution in [0.2, 0.25) is 0 Å². The minimum atomic E-state index is -0.790. The summed E-state index contributed by atoms with van der Waals surface area (Å²) in [5, 5.41) is 20.7. The zero-order valence-electron chi connectivity index (χ0n) is 10.4. The fourth-order valence-electron chi connectivity index (χ4n) is 1.46. The topological polar surface area (TPSA) is 73.1 Å². The summed E-state index contributed by atoms with van der Waals surface area (Å²) in [6.45, 7) is 6.42. The largest absolute Gasteiger partial charge is 0.480 e. The average Bonchev–Trinajstić information content (AvgIpc) is 2.22. The number of nitriles is 1. The summed E-state index contributed by atoms with van der Waals surface area (Å²) in [5.41, 5.74) is -0.314. The predicted octanol–water partition coefficient (Wildman–Crippen LogP) is 2.16. The number of carboxylic acid groups (broad SMARTS) is 1. The normalized spacial score (nSPS) is 13.1. The zero-order chi connectivity index (χ0) is 12.6. The Hall–Kier alpha value is -1.08. The number of carbonyl (C=O) groups is 1. The van der Waals surface area contributed by atoms with Gasteiger partial charge in [-0.05, 0) is 39.7 Å². The summed E-state index contributed by atoms with van der Waals surface area (Å²) >= 11 is 0. The van der Waals surface area contributed by atoms with E-state index in [1.165, 1.54) is 0 Å². The Kier molecular flexibility index (Phi) is 6.75. The maximum atomic E-state index is 10.8. The summed E-state index contributed by atoms with van der Waals surface area (Å²) in [7, 11) is 0. The molecule has 0 saturated carbocycles. The van der Waals surface area contributed by atoms with Crippen molar-refractivity contribution in [3.8, 4) is 6.07 Å². The van der Waals surface area contributed by atoms with E-state index in [1.54, 1.807) is 0 Å². The second-order valence-electron chi connectivity index (χ2n) is 4.73. The molecule has 92 valence electrons. The second kappa shape index (κ2) is 7.24. The molecule has 2 N–H and O–H groups in total. The summed E-state index contributed by atoms with van der Waals surface area (Å²) in [6.07, 6.45) is 3.12. The van der Waals surface area contributed by atoms with Gasteiger partial charge in [0.05, 0.1) is 11.5 Å². The molecule has 4 heteroatoms. The number of carboxylic acids is 1. The Bertz CT molecular complexity index is 256. The number of hydrogen-bond donors (Lipinski definition) is 2. The SMILES string of the molecule is CCCC(NCCCC(C)(C)C#N)C(=O)O. The maximum absolute atomic E-state index is 10.8. The lowest BCUT2D eigenvalue weighted by Gasteiger charge is -2.17. The molecule has 0 rings (SSSR count). The number of nitrogens with one attached hydrogen (secondary N) is 1. The van der Waals surface area contributed by atoms with Gasteiger partial charge in [-0.2, -0.15) is 5.26 Å². The third kappa shape index (κ3) is 6.41. The van der Waals surface area contributed by atoms with Gasteiger partial charge in [0, 0.05) is 0 Å². The molecule has 4 nitrogen and oxygen atoms in total. The van der Waals surface area contributed by atoms with Crippen LogP contribution >= 0.6 is 0 Å². The fraction of sp³-hybridized carbons (Fsp3) is 0.833. The van der Waals surface area contributed by atoms with Crippen molar-refractivity contribution in [2.24, 2.45) is 5.41 Å². The Morgan fingerprint density at radius 2 is 2.19 bits per heavy atom. The van der Waals surface area contributed by atoms with Crippen LogP contribution in [0.1, 0.15) is 46.5 Å². The van der Waals surface area contributed by atoms with Gasteiger partial charge < -0.3 is 10.4 Å². The quantitative estimate of drug-likeness (QED) is 0.622. The second-order valence-corrected chi connectivity index (χ2v) is 4.73. The highest BCUT2D eigenvalue weighted by Crippen LogP contribution is 2.19. The smallest absolute Gasteiger partial charge is 0.320 e. The minimum absolute atomic E-state index is 0.314. The van der Waals surface area contributed by atoms with Crippen molar-refractivity contribution in [1.29, 1.82) is 5.26 Å². The van der Waals surface area contributed by atoms with Gasteiger partial charge in [0.1, 0.15) is 6.04 Å². The van der Waals surface area contributed by atoms with E-state index in [9.17, 15) is 4.79 Å². The number of hydrogen-bond acceptors (Lipinski definition) is 3.